The molecule has 4 nitrogen and oxygen atoms in total. The van der Waals surface area contributed by atoms with Crippen LogP contribution in [0.15, 0.2) is 23.1 Å². The van der Waals surface area contributed by atoms with E-state index in [0.717, 1.165) is 17.5 Å². The zero-order valence-electron chi connectivity index (χ0n) is 13.1. The summed E-state index contributed by atoms with van der Waals surface area (Å²) in [6.07, 6.45) is 0.804. The van der Waals surface area contributed by atoms with Gasteiger partial charge in [-0.15, -0.1) is 0 Å². The Bertz CT molecular complexity index is 640. The summed E-state index contributed by atoms with van der Waals surface area (Å²) >= 11 is 0. The van der Waals surface area contributed by atoms with Gasteiger partial charge in [0, 0.05) is 11.6 Å². The van der Waals surface area contributed by atoms with Crippen LogP contribution < -0.4 is 10.5 Å². The largest absolute Gasteiger partial charge is 0.320 e. The predicted molar refractivity (Wildman–Crippen MR) is 86.3 cm³/mol. The molecule has 0 radical (unpaired) electrons. The van der Waals surface area contributed by atoms with E-state index in [2.05, 4.69) is 30.4 Å². The summed E-state index contributed by atoms with van der Waals surface area (Å²) in [6.45, 7) is 8.15. The molecule has 1 aromatic rings. The summed E-state index contributed by atoms with van der Waals surface area (Å²) in [5.41, 5.74) is 6.97. The van der Waals surface area contributed by atoms with Gasteiger partial charge in [0.25, 0.3) is 0 Å². The molecular weight excluding hydrogens is 284 g/mol. The fraction of sp³-hybridized carbons (Fsp3) is 0.500. The minimum atomic E-state index is -3.49. The van der Waals surface area contributed by atoms with E-state index < -0.39 is 10.0 Å². The third kappa shape index (κ3) is 5.50. The molecule has 0 aromatic heterocycles. The second-order valence-corrected chi connectivity index (χ2v) is 7.35. The van der Waals surface area contributed by atoms with Crippen LogP contribution in [-0.2, 0) is 10.0 Å². The SMILES string of the molecule is Cc1cc(S(=O)(=O)NC(C)CC(C)C)ccc1C#CCN. The smallest absolute Gasteiger partial charge is 0.240 e. The van der Waals surface area contributed by atoms with Gasteiger partial charge in [0.2, 0.25) is 10.0 Å². The van der Waals surface area contributed by atoms with Crippen molar-refractivity contribution in [2.24, 2.45) is 11.7 Å². The normalized spacial score (nSPS) is 12.9. The van der Waals surface area contributed by atoms with Crippen LogP contribution in [0.5, 0.6) is 0 Å². The Morgan fingerprint density at radius 1 is 1.29 bits per heavy atom. The Kier molecular flexibility index (Phi) is 6.41. The summed E-state index contributed by atoms with van der Waals surface area (Å²) in [4.78, 5) is 0.272. The Morgan fingerprint density at radius 2 is 1.95 bits per heavy atom. The van der Waals surface area contributed by atoms with Gasteiger partial charge in [0.15, 0.2) is 0 Å². The van der Waals surface area contributed by atoms with Crippen molar-refractivity contribution in [3.8, 4) is 11.8 Å². The first kappa shape index (κ1) is 17.7. The summed E-state index contributed by atoms with van der Waals surface area (Å²) in [5.74, 6) is 6.14. The van der Waals surface area contributed by atoms with Crippen LogP contribution in [0, 0.1) is 24.7 Å². The van der Waals surface area contributed by atoms with Crippen molar-refractivity contribution in [1.82, 2.24) is 4.72 Å². The number of hydrogen-bond donors (Lipinski definition) is 2. The van der Waals surface area contributed by atoms with Gasteiger partial charge < -0.3 is 5.73 Å². The van der Waals surface area contributed by atoms with Crippen molar-refractivity contribution in [2.45, 2.75) is 45.1 Å². The molecule has 0 heterocycles. The fourth-order valence-corrected chi connectivity index (χ4v) is 3.52. The monoisotopic (exact) mass is 308 g/mol. The van der Waals surface area contributed by atoms with E-state index in [9.17, 15) is 8.42 Å². The highest BCUT2D eigenvalue weighted by Gasteiger charge is 2.18. The van der Waals surface area contributed by atoms with E-state index in [4.69, 9.17) is 5.73 Å². The topological polar surface area (TPSA) is 72.2 Å². The van der Waals surface area contributed by atoms with Gasteiger partial charge in [-0.3, -0.25) is 0 Å². The molecule has 0 aliphatic rings. The molecule has 3 N–H and O–H groups in total. The lowest BCUT2D eigenvalue weighted by Gasteiger charge is -2.16. The number of sulfonamides is 1. The molecule has 5 heteroatoms. The van der Waals surface area contributed by atoms with E-state index in [1.54, 1.807) is 18.2 Å². The van der Waals surface area contributed by atoms with Gasteiger partial charge >= 0.3 is 0 Å². The molecule has 0 aliphatic heterocycles. The summed E-state index contributed by atoms with van der Waals surface area (Å²) in [7, 11) is -3.49. The highest BCUT2D eigenvalue weighted by molar-refractivity contribution is 7.89. The molecule has 1 aromatic carbocycles. The average Bonchev–Trinajstić information content (AvgIpc) is 2.35. The molecular formula is C16H24N2O2S. The molecule has 0 fully saturated rings. The van der Waals surface area contributed by atoms with Crippen LogP contribution in [0.25, 0.3) is 0 Å². The molecule has 0 bridgehead atoms. The second-order valence-electron chi connectivity index (χ2n) is 5.63. The van der Waals surface area contributed by atoms with Crippen molar-refractivity contribution < 1.29 is 8.42 Å². The van der Waals surface area contributed by atoms with Crippen LogP contribution in [0.2, 0.25) is 0 Å². The van der Waals surface area contributed by atoms with Crippen molar-refractivity contribution in [2.75, 3.05) is 6.54 Å². The van der Waals surface area contributed by atoms with Gasteiger partial charge in [-0.05, 0) is 49.9 Å². The zero-order chi connectivity index (χ0) is 16.0. The number of aryl methyl sites for hydroxylation is 1. The number of hydrogen-bond acceptors (Lipinski definition) is 3. The highest BCUT2D eigenvalue weighted by atomic mass is 32.2. The predicted octanol–water partition coefficient (Wildman–Crippen LogP) is 2.02. The Labute approximate surface area is 128 Å². The van der Waals surface area contributed by atoms with E-state index in [-0.39, 0.29) is 17.5 Å². The molecule has 116 valence electrons. The van der Waals surface area contributed by atoms with Gasteiger partial charge in [-0.1, -0.05) is 25.7 Å². The molecule has 0 spiro atoms. The van der Waals surface area contributed by atoms with Crippen LogP contribution in [-0.4, -0.2) is 21.0 Å². The lowest BCUT2D eigenvalue weighted by Crippen LogP contribution is -2.33. The van der Waals surface area contributed by atoms with Crippen molar-refractivity contribution >= 4 is 10.0 Å². The quantitative estimate of drug-likeness (QED) is 0.817. The van der Waals surface area contributed by atoms with Crippen LogP contribution in [0.3, 0.4) is 0 Å². The second kappa shape index (κ2) is 7.60. The lowest BCUT2D eigenvalue weighted by molar-refractivity contribution is 0.482. The molecule has 0 saturated heterocycles. The lowest BCUT2D eigenvalue weighted by atomic mass is 10.1. The number of rotatable bonds is 5. The molecule has 1 atom stereocenters. The summed E-state index contributed by atoms with van der Waals surface area (Å²) < 4.78 is 27.4. The maximum absolute atomic E-state index is 12.3. The summed E-state index contributed by atoms with van der Waals surface area (Å²) in [5, 5.41) is 0. The minimum Gasteiger partial charge on any atom is -0.320 e. The number of nitrogens with one attached hydrogen (secondary N) is 1. The van der Waals surface area contributed by atoms with Crippen LogP contribution in [0.1, 0.15) is 38.3 Å². The van der Waals surface area contributed by atoms with E-state index in [1.165, 1.54) is 0 Å². The van der Waals surface area contributed by atoms with Gasteiger partial charge in [0.1, 0.15) is 0 Å². The maximum Gasteiger partial charge on any atom is 0.240 e. The Morgan fingerprint density at radius 3 is 2.48 bits per heavy atom. The van der Waals surface area contributed by atoms with Crippen molar-refractivity contribution in [3.05, 3.63) is 29.3 Å². The molecule has 1 rings (SSSR count). The van der Waals surface area contributed by atoms with Gasteiger partial charge in [-0.2, -0.15) is 0 Å². The Balaban J connectivity index is 2.97. The van der Waals surface area contributed by atoms with E-state index >= 15 is 0 Å². The van der Waals surface area contributed by atoms with Crippen LogP contribution >= 0.6 is 0 Å². The van der Waals surface area contributed by atoms with Crippen molar-refractivity contribution in [3.63, 3.8) is 0 Å². The van der Waals surface area contributed by atoms with Crippen molar-refractivity contribution in [1.29, 1.82) is 0 Å². The summed E-state index contributed by atoms with van der Waals surface area (Å²) in [6, 6.07) is 4.86. The third-order valence-electron chi connectivity index (χ3n) is 3.01. The van der Waals surface area contributed by atoms with E-state index in [0.29, 0.717) is 5.92 Å². The van der Waals surface area contributed by atoms with E-state index in [1.807, 2.05) is 13.8 Å². The zero-order valence-corrected chi connectivity index (χ0v) is 13.9. The highest BCUT2D eigenvalue weighted by Crippen LogP contribution is 2.16. The van der Waals surface area contributed by atoms with Gasteiger partial charge in [0.05, 0.1) is 11.4 Å². The third-order valence-corrected chi connectivity index (χ3v) is 4.60. The molecule has 0 saturated carbocycles. The van der Waals surface area contributed by atoms with Crippen LogP contribution in [0.4, 0.5) is 0 Å². The molecule has 21 heavy (non-hydrogen) atoms. The first-order valence-corrected chi connectivity index (χ1v) is 8.56. The van der Waals surface area contributed by atoms with Gasteiger partial charge in [-0.25, -0.2) is 13.1 Å². The number of nitrogens with two attached hydrogens (primary N) is 1. The average molecular weight is 308 g/mol. The molecule has 0 aliphatic carbocycles. The first-order valence-electron chi connectivity index (χ1n) is 7.08. The Hall–Kier alpha value is -1.35. The standard InChI is InChI=1S/C16H24N2O2S/c1-12(2)10-14(4)18-21(19,20)16-8-7-15(6-5-9-17)13(3)11-16/h7-8,11-12,14,18H,9-10,17H2,1-4H3. The molecule has 1 unspecified atom stereocenters. The number of benzene rings is 1. The fourth-order valence-electron chi connectivity index (χ4n) is 2.18. The maximum atomic E-state index is 12.3. The first-order chi connectivity index (χ1) is 9.76. The molecule has 0 amide bonds. The minimum absolute atomic E-state index is 0.0907.